The Hall–Kier alpha value is -3.33. The lowest BCUT2D eigenvalue weighted by atomic mass is 10.2. The van der Waals surface area contributed by atoms with Crippen LogP contribution >= 0.6 is 11.8 Å². The normalized spacial score (nSPS) is 11.3. The van der Waals surface area contributed by atoms with Crippen LogP contribution in [-0.4, -0.2) is 56.9 Å². The summed E-state index contributed by atoms with van der Waals surface area (Å²) in [6.07, 6.45) is 1.85. The lowest BCUT2D eigenvalue weighted by Gasteiger charge is -2.18. The molecule has 0 unspecified atom stereocenters. The van der Waals surface area contributed by atoms with Crippen LogP contribution in [0.25, 0.3) is 16.7 Å². The molecule has 0 radical (unpaired) electrons. The van der Waals surface area contributed by atoms with Crippen LogP contribution < -0.4 is 10.5 Å². The van der Waals surface area contributed by atoms with Gasteiger partial charge in [0.1, 0.15) is 0 Å². The predicted octanol–water partition coefficient (Wildman–Crippen LogP) is 3.66. The van der Waals surface area contributed by atoms with Crippen LogP contribution in [0.3, 0.4) is 0 Å². The standard InChI is InChI=1S/C25H30N6O2S/c1-5-6-15-30-23(33)20-9-7-8-10-21(20)31-24(30)26-27-25(31)34-17-22(32)29(4)16-18-11-13-19(14-12-18)28(2)3/h7-14H,5-6,15-17H2,1-4H3. The molecule has 0 aliphatic rings. The predicted molar refractivity (Wildman–Crippen MR) is 138 cm³/mol. The van der Waals surface area contributed by atoms with Crippen molar-refractivity contribution >= 4 is 40.0 Å². The third-order valence-corrected chi connectivity index (χ3v) is 6.75. The van der Waals surface area contributed by atoms with E-state index in [4.69, 9.17) is 0 Å². The van der Waals surface area contributed by atoms with E-state index in [1.807, 2.05) is 79.0 Å². The summed E-state index contributed by atoms with van der Waals surface area (Å²) >= 11 is 1.34. The number of aryl methyl sites for hydroxylation is 1. The minimum Gasteiger partial charge on any atom is -0.378 e. The van der Waals surface area contributed by atoms with Crippen molar-refractivity contribution in [3.8, 4) is 0 Å². The van der Waals surface area contributed by atoms with Crippen molar-refractivity contribution in [2.45, 2.75) is 38.0 Å². The Labute approximate surface area is 203 Å². The number of para-hydroxylation sites is 1. The van der Waals surface area contributed by atoms with Crippen molar-refractivity contribution in [3.05, 3.63) is 64.4 Å². The first-order chi connectivity index (χ1) is 16.4. The highest BCUT2D eigenvalue weighted by atomic mass is 32.2. The van der Waals surface area contributed by atoms with Gasteiger partial charge in [0.2, 0.25) is 11.7 Å². The molecule has 0 spiro atoms. The van der Waals surface area contributed by atoms with Gasteiger partial charge in [-0.05, 0) is 36.2 Å². The molecule has 4 rings (SSSR count). The van der Waals surface area contributed by atoms with E-state index in [9.17, 15) is 9.59 Å². The third-order valence-electron chi connectivity index (χ3n) is 5.84. The molecule has 0 aliphatic carbocycles. The summed E-state index contributed by atoms with van der Waals surface area (Å²) in [5.74, 6) is 0.749. The monoisotopic (exact) mass is 478 g/mol. The molecule has 0 aliphatic heterocycles. The number of unbranched alkanes of at least 4 members (excludes halogenated alkanes) is 1. The van der Waals surface area contributed by atoms with Crippen LogP contribution in [0.4, 0.5) is 5.69 Å². The maximum absolute atomic E-state index is 13.1. The quantitative estimate of drug-likeness (QED) is 0.342. The highest BCUT2D eigenvalue weighted by Crippen LogP contribution is 2.22. The van der Waals surface area contributed by atoms with E-state index in [-0.39, 0.29) is 17.2 Å². The van der Waals surface area contributed by atoms with Crippen LogP contribution in [-0.2, 0) is 17.9 Å². The smallest absolute Gasteiger partial charge is 0.262 e. The third kappa shape index (κ3) is 4.79. The van der Waals surface area contributed by atoms with E-state index in [1.54, 1.807) is 9.47 Å². The first kappa shape index (κ1) is 23.8. The molecule has 0 saturated carbocycles. The molecule has 0 saturated heterocycles. The lowest BCUT2D eigenvalue weighted by molar-refractivity contribution is -0.127. The molecule has 0 bridgehead atoms. The van der Waals surface area contributed by atoms with Crippen LogP contribution in [0.15, 0.2) is 58.5 Å². The summed E-state index contributed by atoms with van der Waals surface area (Å²) in [4.78, 5) is 29.7. The summed E-state index contributed by atoms with van der Waals surface area (Å²) in [6.45, 7) is 3.21. The molecule has 0 N–H and O–H groups in total. The number of amides is 1. The van der Waals surface area contributed by atoms with Crippen molar-refractivity contribution in [1.29, 1.82) is 0 Å². The minimum atomic E-state index is -0.0587. The molecule has 178 valence electrons. The Morgan fingerprint density at radius 1 is 1.03 bits per heavy atom. The number of nitrogens with zero attached hydrogens (tertiary/aromatic N) is 6. The van der Waals surface area contributed by atoms with E-state index < -0.39 is 0 Å². The van der Waals surface area contributed by atoms with Crippen LogP contribution in [0.1, 0.15) is 25.3 Å². The van der Waals surface area contributed by atoms with Gasteiger partial charge in [-0.25, -0.2) is 0 Å². The van der Waals surface area contributed by atoms with Crippen LogP contribution in [0.2, 0.25) is 0 Å². The first-order valence-corrected chi connectivity index (χ1v) is 12.4. The number of hydrogen-bond acceptors (Lipinski definition) is 6. The molecule has 9 heteroatoms. The zero-order chi connectivity index (χ0) is 24.2. The summed E-state index contributed by atoms with van der Waals surface area (Å²) in [5, 5.41) is 9.89. The molecule has 2 aromatic heterocycles. The molecule has 2 heterocycles. The second-order valence-corrected chi connectivity index (χ2v) is 9.49. The van der Waals surface area contributed by atoms with Gasteiger partial charge in [0, 0.05) is 39.9 Å². The summed E-state index contributed by atoms with van der Waals surface area (Å²) in [7, 11) is 5.81. The van der Waals surface area contributed by atoms with E-state index in [2.05, 4.69) is 17.1 Å². The number of rotatable bonds is 9. The van der Waals surface area contributed by atoms with E-state index in [1.165, 1.54) is 11.8 Å². The second kappa shape index (κ2) is 10.3. The first-order valence-electron chi connectivity index (χ1n) is 11.4. The van der Waals surface area contributed by atoms with Crippen molar-refractivity contribution in [3.63, 3.8) is 0 Å². The Kier molecular flexibility index (Phi) is 7.21. The van der Waals surface area contributed by atoms with Crippen molar-refractivity contribution in [2.24, 2.45) is 0 Å². The Balaban J connectivity index is 1.54. The fraction of sp³-hybridized carbons (Fsp3) is 0.360. The van der Waals surface area contributed by atoms with Gasteiger partial charge in [-0.15, -0.1) is 10.2 Å². The van der Waals surface area contributed by atoms with Gasteiger partial charge in [-0.3, -0.25) is 18.6 Å². The lowest BCUT2D eigenvalue weighted by Crippen LogP contribution is -2.28. The minimum absolute atomic E-state index is 0.00189. The molecule has 8 nitrogen and oxygen atoms in total. The fourth-order valence-electron chi connectivity index (χ4n) is 3.84. The Morgan fingerprint density at radius 3 is 2.47 bits per heavy atom. The van der Waals surface area contributed by atoms with Gasteiger partial charge >= 0.3 is 0 Å². The summed E-state index contributed by atoms with van der Waals surface area (Å²) in [6, 6.07) is 15.7. The number of hydrogen-bond donors (Lipinski definition) is 0. The highest BCUT2D eigenvalue weighted by Gasteiger charge is 2.18. The Bertz CT molecular complexity index is 1360. The Morgan fingerprint density at radius 2 is 1.76 bits per heavy atom. The molecule has 4 aromatic rings. The zero-order valence-corrected chi connectivity index (χ0v) is 20.9. The summed E-state index contributed by atoms with van der Waals surface area (Å²) in [5.41, 5.74) is 2.89. The van der Waals surface area contributed by atoms with Crippen molar-refractivity contribution in [2.75, 3.05) is 31.8 Å². The molecule has 34 heavy (non-hydrogen) atoms. The molecule has 0 fully saturated rings. The SMILES string of the molecule is CCCCn1c(=O)c2ccccc2n2c(SCC(=O)N(C)Cc3ccc(N(C)C)cc3)nnc12. The number of fused-ring (bicyclic) bond motifs is 3. The largest absolute Gasteiger partial charge is 0.378 e. The number of benzene rings is 2. The van der Waals surface area contributed by atoms with Crippen molar-refractivity contribution in [1.82, 2.24) is 24.1 Å². The van der Waals surface area contributed by atoms with Crippen LogP contribution in [0.5, 0.6) is 0 Å². The van der Waals surface area contributed by atoms with Gasteiger partial charge < -0.3 is 9.80 Å². The van der Waals surface area contributed by atoms with Gasteiger partial charge in [-0.2, -0.15) is 0 Å². The number of anilines is 1. The van der Waals surface area contributed by atoms with Crippen molar-refractivity contribution < 1.29 is 4.79 Å². The van der Waals surface area contributed by atoms with E-state index in [0.29, 0.717) is 29.4 Å². The number of aromatic nitrogens is 4. The molecule has 0 atom stereocenters. The summed E-state index contributed by atoms with van der Waals surface area (Å²) < 4.78 is 3.58. The zero-order valence-electron chi connectivity index (χ0n) is 20.1. The molecule has 1 amide bonds. The molecular weight excluding hydrogens is 448 g/mol. The number of thioether (sulfide) groups is 1. The van der Waals surface area contributed by atoms with Gasteiger partial charge in [0.25, 0.3) is 5.56 Å². The number of carbonyl (C=O) groups excluding carboxylic acids is 1. The van der Waals surface area contributed by atoms with Gasteiger partial charge in [0.15, 0.2) is 5.16 Å². The van der Waals surface area contributed by atoms with Gasteiger partial charge in [-0.1, -0.05) is 49.4 Å². The van der Waals surface area contributed by atoms with E-state index >= 15 is 0 Å². The van der Waals surface area contributed by atoms with E-state index in [0.717, 1.165) is 29.6 Å². The van der Waals surface area contributed by atoms with Crippen LogP contribution in [0, 0.1) is 0 Å². The fourth-order valence-corrected chi connectivity index (χ4v) is 4.72. The number of carbonyl (C=O) groups is 1. The van der Waals surface area contributed by atoms with Gasteiger partial charge in [0.05, 0.1) is 16.7 Å². The maximum atomic E-state index is 13.1. The average molecular weight is 479 g/mol. The maximum Gasteiger partial charge on any atom is 0.262 e. The highest BCUT2D eigenvalue weighted by molar-refractivity contribution is 7.99. The second-order valence-electron chi connectivity index (χ2n) is 8.54. The topological polar surface area (TPSA) is 75.7 Å². The average Bonchev–Trinajstić information content (AvgIpc) is 3.26. The molecular formula is C25H30N6O2S. The molecule has 2 aromatic carbocycles.